The van der Waals surface area contributed by atoms with Gasteiger partial charge in [0.2, 0.25) is 5.91 Å². The number of hydrogen-bond donors (Lipinski definition) is 1. The zero-order valence-electron chi connectivity index (χ0n) is 13.1. The standard InChI is InChI=1S/C17H27N3O/c1-2-3-5-10-19-17(21)16-7-4-6-13-20(16)14-15-8-11-18-12-9-15/h8-9,11-12,16H,2-7,10,13-14H2,1H3,(H,19,21)/t16-/m0/s1. The van der Waals surface area contributed by atoms with E-state index in [1.807, 2.05) is 24.5 Å². The minimum absolute atomic E-state index is 0.0357. The van der Waals surface area contributed by atoms with E-state index in [0.29, 0.717) is 0 Å². The number of piperidine rings is 1. The lowest BCUT2D eigenvalue weighted by Crippen LogP contribution is -2.49. The number of carbonyl (C=O) groups is 1. The van der Waals surface area contributed by atoms with Crippen molar-refractivity contribution in [3.05, 3.63) is 30.1 Å². The van der Waals surface area contributed by atoms with Crippen molar-refractivity contribution >= 4 is 5.91 Å². The molecule has 1 aromatic heterocycles. The first kappa shape index (κ1) is 16.0. The van der Waals surface area contributed by atoms with Crippen LogP contribution in [0.25, 0.3) is 0 Å². The average Bonchev–Trinajstić information content (AvgIpc) is 2.53. The fraction of sp³-hybridized carbons (Fsp3) is 0.647. The molecular weight excluding hydrogens is 262 g/mol. The van der Waals surface area contributed by atoms with E-state index in [4.69, 9.17) is 0 Å². The summed E-state index contributed by atoms with van der Waals surface area (Å²) in [4.78, 5) is 18.8. The number of amides is 1. The second-order valence-corrected chi connectivity index (χ2v) is 5.84. The van der Waals surface area contributed by atoms with Crippen LogP contribution in [-0.2, 0) is 11.3 Å². The highest BCUT2D eigenvalue weighted by atomic mass is 16.2. The Morgan fingerprint density at radius 2 is 2.14 bits per heavy atom. The van der Waals surface area contributed by atoms with E-state index in [-0.39, 0.29) is 11.9 Å². The van der Waals surface area contributed by atoms with Gasteiger partial charge in [0.05, 0.1) is 6.04 Å². The molecule has 1 fully saturated rings. The molecule has 0 aliphatic carbocycles. The number of rotatable bonds is 7. The predicted octanol–water partition coefficient (Wildman–Crippen LogP) is 2.74. The Balaban J connectivity index is 1.87. The molecule has 0 spiro atoms. The summed E-state index contributed by atoms with van der Waals surface area (Å²) in [7, 11) is 0. The highest BCUT2D eigenvalue weighted by Gasteiger charge is 2.28. The molecule has 4 heteroatoms. The number of hydrogen-bond acceptors (Lipinski definition) is 3. The van der Waals surface area contributed by atoms with Gasteiger partial charge in [-0.25, -0.2) is 0 Å². The van der Waals surface area contributed by atoms with E-state index in [9.17, 15) is 4.79 Å². The normalized spacial score (nSPS) is 19.4. The first-order valence-electron chi connectivity index (χ1n) is 8.22. The fourth-order valence-corrected chi connectivity index (χ4v) is 2.90. The lowest BCUT2D eigenvalue weighted by Gasteiger charge is -2.34. The predicted molar refractivity (Wildman–Crippen MR) is 84.8 cm³/mol. The minimum Gasteiger partial charge on any atom is -0.355 e. The Morgan fingerprint density at radius 1 is 1.33 bits per heavy atom. The Bertz CT molecular complexity index is 421. The van der Waals surface area contributed by atoms with Crippen LogP contribution in [0.15, 0.2) is 24.5 Å². The van der Waals surface area contributed by atoms with Crippen LogP contribution in [0.3, 0.4) is 0 Å². The second-order valence-electron chi connectivity index (χ2n) is 5.84. The van der Waals surface area contributed by atoms with Crippen LogP contribution < -0.4 is 5.32 Å². The molecule has 0 unspecified atom stereocenters. The van der Waals surface area contributed by atoms with Gasteiger partial charge in [-0.3, -0.25) is 14.7 Å². The Morgan fingerprint density at radius 3 is 2.90 bits per heavy atom. The summed E-state index contributed by atoms with van der Waals surface area (Å²) in [5.41, 5.74) is 1.23. The molecule has 1 aromatic rings. The summed E-state index contributed by atoms with van der Waals surface area (Å²) in [5.74, 6) is 0.208. The smallest absolute Gasteiger partial charge is 0.237 e. The molecule has 1 aliphatic heterocycles. The lowest BCUT2D eigenvalue weighted by atomic mass is 10.0. The minimum atomic E-state index is 0.0357. The quantitative estimate of drug-likeness (QED) is 0.785. The molecule has 0 saturated carbocycles. The van der Waals surface area contributed by atoms with Crippen LogP contribution in [0.2, 0.25) is 0 Å². The largest absolute Gasteiger partial charge is 0.355 e. The highest BCUT2D eigenvalue weighted by molar-refractivity contribution is 5.81. The third-order valence-corrected chi connectivity index (χ3v) is 4.13. The number of pyridine rings is 1. The molecule has 0 radical (unpaired) electrons. The van der Waals surface area contributed by atoms with Gasteiger partial charge in [0.15, 0.2) is 0 Å². The fourth-order valence-electron chi connectivity index (χ4n) is 2.90. The number of likely N-dealkylation sites (tertiary alicyclic amines) is 1. The Labute approximate surface area is 127 Å². The summed E-state index contributed by atoms with van der Waals surface area (Å²) in [5, 5.41) is 3.11. The van der Waals surface area contributed by atoms with Crippen molar-refractivity contribution in [2.24, 2.45) is 0 Å². The highest BCUT2D eigenvalue weighted by Crippen LogP contribution is 2.19. The van der Waals surface area contributed by atoms with Gasteiger partial charge in [-0.15, -0.1) is 0 Å². The van der Waals surface area contributed by atoms with Crippen molar-refractivity contribution in [1.82, 2.24) is 15.2 Å². The molecule has 1 aliphatic rings. The third-order valence-electron chi connectivity index (χ3n) is 4.13. The van der Waals surface area contributed by atoms with Gasteiger partial charge in [0, 0.05) is 25.5 Å². The molecule has 1 amide bonds. The molecule has 0 bridgehead atoms. The molecule has 116 valence electrons. The molecule has 1 saturated heterocycles. The zero-order chi connectivity index (χ0) is 14.9. The SMILES string of the molecule is CCCCCNC(=O)[C@@H]1CCCCN1Cc1ccncc1. The molecule has 21 heavy (non-hydrogen) atoms. The maximum atomic E-state index is 12.4. The Hall–Kier alpha value is -1.42. The number of aromatic nitrogens is 1. The number of carbonyl (C=O) groups excluding carboxylic acids is 1. The summed E-state index contributed by atoms with van der Waals surface area (Å²) in [6.07, 6.45) is 10.4. The first-order valence-corrected chi connectivity index (χ1v) is 8.22. The van der Waals surface area contributed by atoms with Gasteiger partial charge >= 0.3 is 0 Å². The molecule has 1 N–H and O–H groups in total. The molecule has 4 nitrogen and oxygen atoms in total. The van der Waals surface area contributed by atoms with Crippen LogP contribution in [-0.4, -0.2) is 34.9 Å². The van der Waals surface area contributed by atoms with E-state index in [1.54, 1.807) is 0 Å². The zero-order valence-corrected chi connectivity index (χ0v) is 13.1. The number of unbranched alkanes of at least 4 members (excludes halogenated alkanes) is 2. The van der Waals surface area contributed by atoms with Gasteiger partial charge < -0.3 is 5.32 Å². The molecule has 0 aromatic carbocycles. The van der Waals surface area contributed by atoms with Crippen LogP contribution in [0.5, 0.6) is 0 Å². The van der Waals surface area contributed by atoms with E-state index >= 15 is 0 Å². The first-order chi connectivity index (χ1) is 10.3. The molecule has 2 rings (SSSR count). The van der Waals surface area contributed by atoms with Crippen LogP contribution in [0, 0.1) is 0 Å². The van der Waals surface area contributed by atoms with Gasteiger partial charge in [-0.1, -0.05) is 26.2 Å². The van der Waals surface area contributed by atoms with Gasteiger partial charge in [-0.2, -0.15) is 0 Å². The Kier molecular flexibility index (Phi) is 6.67. The van der Waals surface area contributed by atoms with E-state index in [1.165, 1.54) is 24.8 Å². The van der Waals surface area contributed by atoms with Crippen LogP contribution >= 0.6 is 0 Å². The molecule has 1 atom stereocenters. The van der Waals surface area contributed by atoms with Gasteiger partial charge in [0.25, 0.3) is 0 Å². The summed E-state index contributed by atoms with van der Waals surface area (Å²) >= 11 is 0. The van der Waals surface area contributed by atoms with Crippen molar-refractivity contribution in [3.63, 3.8) is 0 Å². The van der Waals surface area contributed by atoms with Crippen LogP contribution in [0.4, 0.5) is 0 Å². The van der Waals surface area contributed by atoms with Crippen LogP contribution in [0.1, 0.15) is 51.0 Å². The monoisotopic (exact) mass is 289 g/mol. The van der Waals surface area contributed by atoms with E-state index < -0.39 is 0 Å². The van der Waals surface area contributed by atoms with Crippen molar-refractivity contribution in [3.8, 4) is 0 Å². The van der Waals surface area contributed by atoms with Gasteiger partial charge in [-0.05, 0) is 43.5 Å². The van der Waals surface area contributed by atoms with Crippen molar-refractivity contribution < 1.29 is 4.79 Å². The van der Waals surface area contributed by atoms with Gasteiger partial charge in [0.1, 0.15) is 0 Å². The molecule has 2 heterocycles. The van der Waals surface area contributed by atoms with Crippen molar-refractivity contribution in [2.75, 3.05) is 13.1 Å². The van der Waals surface area contributed by atoms with Crippen molar-refractivity contribution in [1.29, 1.82) is 0 Å². The second kappa shape index (κ2) is 8.78. The maximum absolute atomic E-state index is 12.4. The maximum Gasteiger partial charge on any atom is 0.237 e. The van der Waals surface area contributed by atoms with E-state index in [0.717, 1.165) is 38.9 Å². The molecular formula is C17H27N3O. The average molecular weight is 289 g/mol. The lowest BCUT2D eigenvalue weighted by molar-refractivity contribution is -0.127. The summed E-state index contributed by atoms with van der Waals surface area (Å²) in [6.45, 7) is 4.84. The third kappa shape index (κ3) is 5.12. The summed E-state index contributed by atoms with van der Waals surface area (Å²) in [6, 6.07) is 4.10. The number of nitrogens with one attached hydrogen (secondary N) is 1. The summed E-state index contributed by atoms with van der Waals surface area (Å²) < 4.78 is 0. The van der Waals surface area contributed by atoms with E-state index in [2.05, 4.69) is 22.1 Å². The number of nitrogens with zero attached hydrogens (tertiary/aromatic N) is 2. The topological polar surface area (TPSA) is 45.2 Å². The van der Waals surface area contributed by atoms with Crippen molar-refractivity contribution in [2.45, 2.75) is 58.0 Å².